The first-order valence-electron chi connectivity index (χ1n) is 10.8. The second kappa shape index (κ2) is 10.2. The molecule has 0 aromatic heterocycles. The van der Waals surface area contributed by atoms with Crippen molar-refractivity contribution in [3.8, 4) is 11.5 Å². The molecular formula is C24H30O8. The second-order valence-electron chi connectivity index (χ2n) is 8.33. The molecule has 8 heteroatoms. The molecule has 174 valence electrons. The normalized spacial score (nSPS) is 30.3. The molecule has 8 nitrogen and oxygen atoms in total. The zero-order valence-corrected chi connectivity index (χ0v) is 18.0. The van der Waals surface area contributed by atoms with E-state index >= 15 is 0 Å². The number of aliphatic hydroxyl groups excluding tert-OH is 4. The first kappa shape index (κ1) is 23.0. The van der Waals surface area contributed by atoms with E-state index in [9.17, 15) is 20.4 Å². The number of hydrogen-bond acceptors (Lipinski definition) is 8. The minimum absolute atomic E-state index is 0.111. The second-order valence-corrected chi connectivity index (χ2v) is 8.33. The van der Waals surface area contributed by atoms with E-state index in [1.807, 2.05) is 43.3 Å². The fourth-order valence-corrected chi connectivity index (χ4v) is 3.91. The van der Waals surface area contributed by atoms with Crippen LogP contribution >= 0.6 is 0 Å². The van der Waals surface area contributed by atoms with Crippen LogP contribution in [0.25, 0.3) is 0 Å². The van der Waals surface area contributed by atoms with Crippen molar-refractivity contribution < 1.29 is 39.4 Å². The molecule has 0 amide bonds. The Kier molecular flexibility index (Phi) is 7.30. The molecule has 0 bridgehead atoms. The van der Waals surface area contributed by atoms with Crippen molar-refractivity contribution in [1.82, 2.24) is 0 Å². The molecule has 2 saturated heterocycles. The summed E-state index contributed by atoms with van der Waals surface area (Å²) in [5, 5.41) is 39.4. The summed E-state index contributed by atoms with van der Waals surface area (Å²) in [6.07, 6.45) is -4.89. The van der Waals surface area contributed by atoms with Gasteiger partial charge in [0.1, 0.15) is 42.0 Å². The summed E-state index contributed by atoms with van der Waals surface area (Å²) in [7, 11) is 0. The monoisotopic (exact) mass is 446 g/mol. The van der Waals surface area contributed by atoms with E-state index in [4.69, 9.17) is 18.9 Å². The Morgan fingerprint density at radius 1 is 0.938 bits per heavy atom. The molecule has 6 atom stereocenters. The van der Waals surface area contributed by atoms with Gasteiger partial charge in [0, 0.05) is 6.42 Å². The quantitative estimate of drug-likeness (QED) is 0.496. The first-order valence-corrected chi connectivity index (χ1v) is 10.8. The predicted octanol–water partition coefficient (Wildman–Crippen LogP) is 0.932. The summed E-state index contributed by atoms with van der Waals surface area (Å²) in [5.74, 6) is 1.27. The summed E-state index contributed by atoms with van der Waals surface area (Å²) in [6, 6.07) is 13.5. The van der Waals surface area contributed by atoms with Crippen LogP contribution in [0.4, 0.5) is 0 Å². The van der Waals surface area contributed by atoms with Crippen molar-refractivity contribution in [3.05, 3.63) is 59.2 Å². The standard InChI is InChI=1S/C24H30O8/c1-14-2-5-18(31-24-23(28)22(27)21(26)20(12-25)32-24)11-16(14)10-15-3-6-17(7-4-15)30-19-8-9-29-13-19/h2-7,11,19-28H,8-10,12-13H2,1H3/t19-,20+,21+,22-,23+,24?/m0/s1. The first-order chi connectivity index (χ1) is 15.4. The highest BCUT2D eigenvalue weighted by atomic mass is 16.7. The molecule has 32 heavy (non-hydrogen) atoms. The molecule has 0 saturated carbocycles. The molecule has 2 aliphatic rings. The lowest BCUT2D eigenvalue weighted by molar-refractivity contribution is -0.277. The van der Waals surface area contributed by atoms with Gasteiger partial charge in [-0.2, -0.15) is 0 Å². The lowest BCUT2D eigenvalue weighted by Crippen LogP contribution is -2.60. The Bertz CT molecular complexity index is 878. The van der Waals surface area contributed by atoms with Gasteiger partial charge in [-0.05, 0) is 54.3 Å². The van der Waals surface area contributed by atoms with Gasteiger partial charge in [-0.3, -0.25) is 0 Å². The van der Waals surface area contributed by atoms with Crippen LogP contribution in [0.2, 0.25) is 0 Å². The lowest BCUT2D eigenvalue weighted by Gasteiger charge is -2.39. The number of rotatable bonds is 7. The number of aryl methyl sites for hydroxylation is 1. The maximum Gasteiger partial charge on any atom is 0.229 e. The molecular weight excluding hydrogens is 416 g/mol. The van der Waals surface area contributed by atoms with Crippen LogP contribution in [0.1, 0.15) is 23.1 Å². The smallest absolute Gasteiger partial charge is 0.229 e. The summed E-state index contributed by atoms with van der Waals surface area (Å²) in [5.41, 5.74) is 3.22. The zero-order chi connectivity index (χ0) is 22.7. The van der Waals surface area contributed by atoms with Crippen molar-refractivity contribution >= 4 is 0 Å². The third-order valence-electron chi connectivity index (χ3n) is 5.93. The van der Waals surface area contributed by atoms with Crippen LogP contribution in [0.5, 0.6) is 11.5 Å². The van der Waals surface area contributed by atoms with E-state index in [2.05, 4.69) is 0 Å². The minimum atomic E-state index is -1.48. The fourth-order valence-electron chi connectivity index (χ4n) is 3.91. The molecule has 4 N–H and O–H groups in total. The maximum absolute atomic E-state index is 10.2. The summed E-state index contributed by atoms with van der Waals surface area (Å²) >= 11 is 0. The molecule has 2 fully saturated rings. The van der Waals surface area contributed by atoms with Gasteiger partial charge in [0.2, 0.25) is 6.29 Å². The van der Waals surface area contributed by atoms with E-state index in [1.165, 1.54) is 0 Å². The Hall–Kier alpha value is -2.20. The van der Waals surface area contributed by atoms with Gasteiger partial charge in [-0.1, -0.05) is 18.2 Å². The Morgan fingerprint density at radius 3 is 2.38 bits per heavy atom. The van der Waals surface area contributed by atoms with Crippen molar-refractivity contribution in [2.75, 3.05) is 19.8 Å². The van der Waals surface area contributed by atoms with Crippen molar-refractivity contribution in [1.29, 1.82) is 0 Å². The van der Waals surface area contributed by atoms with Gasteiger partial charge >= 0.3 is 0 Å². The van der Waals surface area contributed by atoms with Gasteiger partial charge in [-0.25, -0.2) is 0 Å². The SMILES string of the molecule is Cc1ccc(OC2O[C@H](CO)[C@@H](O)[C@H](O)[C@H]2O)cc1Cc1ccc(O[C@H]2CCOC2)cc1. The van der Waals surface area contributed by atoms with Crippen molar-refractivity contribution in [2.24, 2.45) is 0 Å². The molecule has 0 spiro atoms. The van der Waals surface area contributed by atoms with Crippen molar-refractivity contribution in [2.45, 2.75) is 56.6 Å². The molecule has 4 rings (SSSR count). The van der Waals surface area contributed by atoms with Gasteiger partial charge in [-0.15, -0.1) is 0 Å². The molecule has 1 unspecified atom stereocenters. The van der Waals surface area contributed by atoms with Gasteiger partial charge in [0.15, 0.2) is 0 Å². The van der Waals surface area contributed by atoms with E-state index < -0.39 is 37.3 Å². The number of ether oxygens (including phenoxy) is 4. The number of benzene rings is 2. The van der Waals surface area contributed by atoms with Crippen LogP contribution < -0.4 is 9.47 Å². The highest BCUT2D eigenvalue weighted by Crippen LogP contribution is 2.27. The fraction of sp³-hybridized carbons (Fsp3) is 0.500. The van der Waals surface area contributed by atoms with Crippen LogP contribution in [0.3, 0.4) is 0 Å². The van der Waals surface area contributed by atoms with Gasteiger partial charge in [0.25, 0.3) is 0 Å². The largest absolute Gasteiger partial charge is 0.488 e. The van der Waals surface area contributed by atoms with Crippen molar-refractivity contribution in [3.63, 3.8) is 0 Å². The predicted molar refractivity (Wildman–Crippen MR) is 115 cm³/mol. The number of hydrogen-bond donors (Lipinski definition) is 4. The van der Waals surface area contributed by atoms with Gasteiger partial charge < -0.3 is 39.4 Å². The van der Waals surface area contributed by atoms with Crippen LogP contribution in [0.15, 0.2) is 42.5 Å². The highest BCUT2D eigenvalue weighted by Gasteiger charge is 2.44. The van der Waals surface area contributed by atoms with E-state index in [1.54, 1.807) is 6.07 Å². The number of aliphatic hydroxyl groups is 4. The summed E-state index contributed by atoms with van der Waals surface area (Å²) < 4.78 is 22.4. The average Bonchev–Trinajstić information content (AvgIpc) is 3.31. The molecule has 0 aliphatic carbocycles. The van der Waals surface area contributed by atoms with E-state index in [0.717, 1.165) is 35.5 Å². The maximum atomic E-state index is 10.2. The highest BCUT2D eigenvalue weighted by molar-refractivity contribution is 5.39. The van der Waals surface area contributed by atoms with E-state index in [-0.39, 0.29) is 6.10 Å². The zero-order valence-electron chi connectivity index (χ0n) is 18.0. The Morgan fingerprint density at radius 2 is 1.69 bits per heavy atom. The van der Waals surface area contributed by atoms with Gasteiger partial charge in [0.05, 0.1) is 19.8 Å². The topological polar surface area (TPSA) is 118 Å². The minimum Gasteiger partial charge on any atom is -0.488 e. The molecule has 2 aliphatic heterocycles. The average molecular weight is 446 g/mol. The van der Waals surface area contributed by atoms with Crippen LogP contribution in [0, 0.1) is 6.92 Å². The lowest BCUT2D eigenvalue weighted by atomic mass is 9.99. The third-order valence-corrected chi connectivity index (χ3v) is 5.93. The molecule has 2 aromatic rings. The molecule has 0 radical (unpaired) electrons. The van der Waals surface area contributed by atoms with Crippen LogP contribution in [-0.2, 0) is 15.9 Å². The van der Waals surface area contributed by atoms with Crippen LogP contribution in [-0.4, -0.2) is 77.1 Å². The molecule has 2 heterocycles. The Labute approximate surface area is 186 Å². The van der Waals surface area contributed by atoms with E-state index in [0.29, 0.717) is 18.8 Å². The third kappa shape index (κ3) is 5.23. The Balaban J connectivity index is 1.42. The summed E-state index contributed by atoms with van der Waals surface area (Å²) in [4.78, 5) is 0. The molecule has 2 aromatic carbocycles. The summed E-state index contributed by atoms with van der Waals surface area (Å²) in [6.45, 7) is 2.87.